The van der Waals surface area contributed by atoms with E-state index in [1.54, 1.807) is 7.11 Å². The van der Waals surface area contributed by atoms with Gasteiger partial charge in [-0.2, -0.15) is 0 Å². The summed E-state index contributed by atoms with van der Waals surface area (Å²) in [5.74, 6) is 0.554. The number of carbonyl (C=O) groups is 1. The van der Waals surface area contributed by atoms with Crippen molar-refractivity contribution >= 4 is 11.6 Å². The number of hydrogen-bond donors (Lipinski definition) is 0. The monoisotopic (exact) mass is 499 g/mol. The molecule has 2 aromatic carbocycles. The molecule has 0 radical (unpaired) electrons. The average Bonchev–Trinajstić information content (AvgIpc) is 2.90. The quantitative estimate of drug-likeness (QED) is 0.373. The second-order valence-electron chi connectivity index (χ2n) is 10.4. The van der Waals surface area contributed by atoms with Crippen LogP contribution in [0.1, 0.15) is 68.6 Å². The van der Waals surface area contributed by atoms with E-state index in [9.17, 15) is 4.79 Å². The fourth-order valence-corrected chi connectivity index (χ4v) is 5.14. The standard InChI is InChI=1S/C32H41N3O2/c1-25(2)27-11-9-26(10-12-27)22-34-19-7-5-4-6-8-20-35(32(36)24-37-3)31-14-13-29(21-30(31)23-34)28-15-17-33-18-16-28/h9-18,21,25H,4-8,19-20,22-24H2,1-3H3. The number of pyridine rings is 1. The van der Waals surface area contributed by atoms with E-state index in [0.717, 1.165) is 55.8 Å². The lowest BCUT2D eigenvalue weighted by atomic mass is 10.00. The van der Waals surface area contributed by atoms with E-state index in [0.29, 0.717) is 5.92 Å². The summed E-state index contributed by atoms with van der Waals surface area (Å²) < 4.78 is 5.26. The van der Waals surface area contributed by atoms with Crippen molar-refractivity contribution in [2.45, 2.75) is 65.0 Å². The van der Waals surface area contributed by atoms with Gasteiger partial charge < -0.3 is 9.64 Å². The Balaban J connectivity index is 1.70. The summed E-state index contributed by atoms with van der Waals surface area (Å²) in [5, 5.41) is 0. The van der Waals surface area contributed by atoms with Crippen molar-refractivity contribution in [1.29, 1.82) is 0 Å². The van der Waals surface area contributed by atoms with Crippen molar-refractivity contribution < 1.29 is 9.53 Å². The van der Waals surface area contributed by atoms with Crippen molar-refractivity contribution in [3.63, 3.8) is 0 Å². The van der Waals surface area contributed by atoms with E-state index >= 15 is 0 Å². The van der Waals surface area contributed by atoms with Gasteiger partial charge in [0.2, 0.25) is 0 Å². The summed E-state index contributed by atoms with van der Waals surface area (Å²) in [6, 6.07) is 19.7. The molecule has 0 saturated heterocycles. The summed E-state index contributed by atoms with van der Waals surface area (Å²) in [6.07, 6.45) is 9.42. The number of benzene rings is 2. The summed E-state index contributed by atoms with van der Waals surface area (Å²) >= 11 is 0. The summed E-state index contributed by atoms with van der Waals surface area (Å²) in [7, 11) is 1.59. The summed E-state index contributed by atoms with van der Waals surface area (Å²) in [4.78, 5) is 21.8. The van der Waals surface area contributed by atoms with Gasteiger partial charge in [-0.3, -0.25) is 14.7 Å². The van der Waals surface area contributed by atoms with Crippen LogP contribution >= 0.6 is 0 Å². The molecule has 3 aromatic rings. The molecule has 0 atom stereocenters. The molecule has 4 rings (SSSR count). The Morgan fingerprint density at radius 1 is 0.892 bits per heavy atom. The van der Waals surface area contributed by atoms with E-state index in [1.165, 1.54) is 36.0 Å². The van der Waals surface area contributed by atoms with Crippen LogP contribution in [0.2, 0.25) is 0 Å². The van der Waals surface area contributed by atoms with Crippen LogP contribution in [0.3, 0.4) is 0 Å². The fraction of sp³-hybridized carbons (Fsp3) is 0.438. The van der Waals surface area contributed by atoms with Crippen LogP contribution in [0, 0.1) is 0 Å². The smallest absolute Gasteiger partial charge is 0.252 e. The molecular formula is C32H41N3O2. The van der Waals surface area contributed by atoms with E-state index in [4.69, 9.17) is 4.74 Å². The van der Waals surface area contributed by atoms with Crippen LogP contribution < -0.4 is 4.90 Å². The van der Waals surface area contributed by atoms with E-state index in [-0.39, 0.29) is 12.5 Å². The predicted molar refractivity (Wildman–Crippen MR) is 152 cm³/mol. The van der Waals surface area contributed by atoms with Gasteiger partial charge in [-0.05, 0) is 77.4 Å². The van der Waals surface area contributed by atoms with Crippen LogP contribution in [-0.4, -0.2) is 42.6 Å². The lowest BCUT2D eigenvalue weighted by Gasteiger charge is -2.30. The van der Waals surface area contributed by atoms with Gasteiger partial charge >= 0.3 is 0 Å². The largest absolute Gasteiger partial charge is 0.375 e. The molecule has 196 valence electrons. The van der Waals surface area contributed by atoms with Crippen LogP contribution in [-0.2, 0) is 22.6 Å². The zero-order chi connectivity index (χ0) is 26.0. The predicted octanol–water partition coefficient (Wildman–Crippen LogP) is 6.82. The third-order valence-electron chi connectivity index (χ3n) is 7.26. The Hall–Kier alpha value is -3.02. The molecule has 0 fully saturated rings. The molecule has 0 bridgehead atoms. The highest BCUT2D eigenvalue weighted by Gasteiger charge is 2.21. The SMILES string of the molecule is COCC(=O)N1CCCCCCCN(Cc2ccc(C(C)C)cc2)Cc2cc(-c3ccncc3)ccc21. The molecule has 1 aliphatic rings. The van der Waals surface area contributed by atoms with E-state index in [2.05, 4.69) is 66.2 Å². The van der Waals surface area contributed by atoms with Crippen LogP contribution in [0.5, 0.6) is 0 Å². The Kier molecular flexibility index (Phi) is 9.86. The summed E-state index contributed by atoms with van der Waals surface area (Å²) in [6.45, 7) is 8.01. The van der Waals surface area contributed by atoms with Crippen molar-refractivity contribution in [2.75, 3.05) is 31.7 Å². The molecule has 2 heterocycles. The Morgan fingerprint density at radius 2 is 1.59 bits per heavy atom. The van der Waals surface area contributed by atoms with Crippen molar-refractivity contribution in [1.82, 2.24) is 9.88 Å². The van der Waals surface area contributed by atoms with Gasteiger partial charge in [0.25, 0.3) is 5.91 Å². The maximum atomic E-state index is 13.2. The van der Waals surface area contributed by atoms with Gasteiger partial charge in [0.1, 0.15) is 6.61 Å². The number of rotatable bonds is 6. The highest BCUT2D eigenvalue weighted by Crippen LogP contribution is 2.30. The minimum atomic E-state index is 0.0216. The van der Waals surface area contributed by atoms with Crippen LogP contribution in [0.25, 0.3) is 11.1 Å². The second kappa shape index (κ2) is 13.5. The first-order valence-electron chi connectivity index (χ1n) is 13.7. The lowest BCUT2D eigenvalue weighted by molar-refractivity contribution is -0.122. The van der Waals surface area contributed by atoms with Crippen molar-refractivity contribution in [3.8, 4) is 11.1 Å². The normalized spacial score (nSPS) is 15.6. The molecule has 1 aromatic heterocycles. The highest BCUT2D eigenvalue weighted by atomic mass is 16.5. The maximum absolute atomic E-state index is 13.2. The highest BCUT2D eigenvalue weighted by molar-refractivity contribution is 5.95. The zero-order valence-corrected chi connectivity index (χ0v) is 22.7. The molecule has 1 amide bonds. The van der Waals surface area contributed by atoms with Crippen LogP contribution in [0.4, 0.5) is 5.69 Å². The molecular weight excluding hydrogens is 458 g/mol. The molecule has 0 spiro atoms. The van der Waals surface area contributed by atoms with Gasteiger partial charge in [0.05, 0.1) is 0 Å². The van der Waals surface area contributed by atoms with Gasteiger partial charge in [0.15, 0.2) is 0 Å². The molecule has 0 unspecified atom stereocenters. The Morgan fingerprint density at radius 3 is 2.30 bits per heavy atom. The first-order valence-corrected chi connectivity index (χ1v) is 13.7. The van der Waals surface area contributed by atoms with Gasteiger partial charge in [-0.15, -0.1) is 0 Å². The maximum Gasteiger partial charge on any atom is 0.252 e. The first kappa shape index (κ1) is 27.0. The zero-order valence-electron chi connectivity index (χ0n) is 22.7. The van der Waals surface area contributed by atoms with Gasteiger partial charge in [-0.1, -0.05) is 63.4 Å². The first-order chi connectivity index (χ1) is 18.0. The molecule has 37 heavy (non-hydrogen) atoms. The average molecular weight is 500 g/mol. The van der Waals surface area contributed by atoms with Gasteiger partial charge in [0, 0.05) is 44.8 Å². The third-order valence-corrected chi connectivity index (χ3v) is 7.26. The van der Waals surface area contributed by atoms with Crippen molar-refractivity contribution in [2.24, 2.45) is 0 Å². The number of methoxy groups -OCH3 is 1. The number of ether oxygens (including phenoxy) is 1. The van der Waals surface area contributed by atoms with E-state index in [1.807, 2.05) is 29.4 Å². The van der Waals surface area contributed by atoms with E-state index < -0.39 is 0 Å². The number of carbonyl (C=O) groups excluding carboxylic acids is 1. The number of anilines is 1. The second-order valence-corrected chi connectivity index (χ2v) is 10.4. The summed E-state index contributed by atoms with van der Waals surface area (Å²) in [5.41, 5.74) is 7.16. The van der Waals surface area contributed by atoms with Crippen molar-refractivity contribution in [3.05, 3.63) is 83.7 Å². The Labute approximate surface area is 222 Å². The number of fused-ring (bicyclic) bond motifs is 1. The minimum Gasteiger partial charge on any atom is -0.375 e. The fourth-order valence-electron chi connectivity index (χ4n) is 5.14. The lowest BCUT2D eigenvalue weighted by Crippen LogP contribution is -2.36. The molecule has 5 heteroatoms. The molecule has 0 saturated carbocycles. The minimum absolute atomic E-state index is 0.0216. The number of nitrogens with zero attached hydrogens (tertiary/aromatic N) is 3. The molecule has 1 aliphatic heterocycles. The third kappa shape index (κ3) is 7.50. The number of amides is 1. The molecule has 5 nitrogen and oxygen atoms in total. The topological polar surface area (TPSA) is 45.7 Å². The van der Waals surface area contributed by atoms with Crippen LogP contribution in [0.15, 0.2) is 67.0 Å². The molecule has 0 aliphatic carbocycles. The number of aromatic nitrogens is 1. The Bertz CT molecular complexity index is 1130. The van der Waals surface area contributed by atoms with Gasteiger partial charge in [-0.25, -0.2) is 0 Å². The molecule has 0 N–H and O–H groups in total. The number of hydrogen-bond acceptors (Lipinski definition) is 4.